The lowest BCUT2D eigenvalue weighted by Gasteiger charge is -2.07. The summed E-state index contributed by atoms with van der Waals surface area (Å²) >= 11 is 5.73. The average Bonchev–Trinajstić information content (AvgIpc) is 2.16. The lowest BCUT2D eigenvalue weighted by atomic mass is 10.1. The lowest BCUT2D eigenvalue weighted by molar-refractivity contribution is -0.386. The van der Waals surface area contributed by atoms with Crippen LogP contribution in [0.15, 0.2) is 30.9 Å². The number of aliphatic hydroxyl groups excluding tert-OH is 1. The van der Waals surface area contributed by atoms with Gasteiger partial charge in [-0.25, -0.2) is 0 Å². The van der Waals surface area contributed by atoms with Crippen molar-refractivity contribution in [2.45, 2.75) is 6.10 Å². The molecule has 0 radical (unpaired) electrons. The van der Waals surface area contributed by atoms with Gasteiger partial charge in [0, 0.05) is 6.07 Å². The smallest absolute Gasteiger partial charge is 0.277 e. The molecule has 4 nitrogen and oxygen atoms in total. The Bertz CT molecular complexity index is 378. The summed E-state index contributed by atoms with van der Waals surface area (Å²) in [7, 11) is 0. The molecule has 5 heteroatoms. The molecule has 1 atom stereocenters. The number of rotatable bonds is 3. The molecule has 0 aliphatic rings. The highest BCUT2D eigenvalue weighted by atomic mass is 35.5. The first-order valence-electron chi connectivity index (χ1n) is 3.81. The van der Waals surface area contributed by atoms with Crippen molar-refractivity contribution in [1.82, 2.24) is 0 Å². The molecule has 0 heterocycles. The summed E-state index contributed by atoms with van der Waals surface area (Å²) in [6.45, 7) is 3.35. The lowest BCUT2D eigenvalue weighted by Crippen LogP contribution is -2.00. The summed E-state index contributed by atoms with van der Waals surface area (Å²) in [6.07, 6.45) is 0.0675. The van der Waals surface area contributed by atoms with E-state index in [4.69, 9.17) is 11.6 Å². The van der Waals surface area contributed by atoms with E-state index in [1.165, 1.54) is 24.3 Å². The summed E-state index contributed by atoms with van der Waals surface area (Å²) < 4.78 is 0. The van der Waals surface area contributed by atoms with Gasteiger partial charge in [-0.2, -0.15) is 0 Å². The van der Waals surface area contributed by atoms with Crippen molar-refractivity contribution in [2.75, 3.05) is 0 Å². The van der Waals surface area contributed by atoms with Crippen molar-refractivity contribution in [3.8, 4) is 0 Å². The fraction of sp³-hybridized carbons (Fsp3) is 0.111. The van der Waals surface area contributed by atoms with Crippen LogP contribution in [0.25, 0.3) is 0 Å². The number of hydrogen-bond acceptors (Lipinski definition) is 3. The maximum Gasteiger partial charge on any atom is 0.277 e. The molecule has 0 aromatic heterocycles. The normalized spacial score (nSPS) is 12.1. The van der Waals surface area contributed by atoms with Crippen LogP contribution in [0.2, 0.25) is 5.02 Å². The van der Waals surface area contributed by atoms with E-state index in [0.717, 1.165) is 0 Å². The van der Waals surface area contributed by atoms with Gasteiger partial charge >= 0.3 is 0 Å². The molecular weight excluding hydrogens is 206 g/mol. The predicted molar refractivity (Wildman–Crippen MR) is 53.3 cm³/mol. The second-order valence-electron chi connectivity index (χ2n) is 2.61. The molecule has 1 unspecified atom stereocenters. The Kier molecular flexibility index (Phi) is 3.22. The van der Waals surface area contributed by atoms with E-state index in [0.29, 0.717) is 0 Å². The topological polar surface area (TPSA) is 63.4 Å². The molecule has 1 aromatic carbocycles. The Morgan fingerprint density at radius 3 is 2.79 bits per heavy atom. The Balaban J connectivity index is 3.36. The molecule has 0 saturated heterocycles. The molecule has 1 N–H and O–H groups in total. The minimum atomic E-state index is -1.12. The first-order chi connectivity index (χ1) is 6.57. The largest absolute Gasteiger partial charge is 0.384 e. The van der Waals surface area contributed by atoms with Gasteiger partial charge in [-0.15, -0.1) is 6.58 Å². The van der Waals surface area contributed by atoms with Gasteiger partial charge in [0.15, 0.2) is 0 Å². The molecule has 0 amide bonds. The van der Waals surface area contributed by atoms with Crippen molar-refractivity contribution in [3.05, 3.63) is 51.6 Å². The number of nitro benzene ring substituents is 1. The van der Waals surface area contributed by atoms with E-state index < -0.39 is 11.0 Å². The second kappa shape index (κ2) is 4.21. The molecule has 0 spiro atoms. The van der Waals surface area contributed by atoms with Crippen LogP contribution in [-0.2, 0) is 0 Å². The number of benzene rings is 1. The molecule has 0 fully saturated rings. The fourth-order valence-electron chi connectivity index (χ4n) is 1.10. The average molecular weight is 214 g/mol. The first-order valence-corrected chi connectivity index (χ1v) is 4.19. The van der Waals surface area contributed by atoms with E-state index in [-0.39, 0.29) is 16.3 Å². The highest BCUT2D eigenvalue weighted by Crippen LogP contribution is 2.32. The summed E-state index contributed by atoms with van der Waals surface area (Å²) in [5, 5.41) is 20.2. The zero-order chi connectivity index (χ0) is 10.7. The zero-order valence-corrected chi connectivity index (χ0v) is 7.94. The first kappa shape index (κ1) is 10.7. The quantitative estimate of drug-likeness (QED) is 0.477. The van der Waals surface area contributed by atoms with Crippen molar-refractivity contribution in [3.63, 3.8) is 0 Å². The van der Waals surface area contributed by atoms with Gasteiger partial charge < -0.3 is 5.11 Å². The predicted octanol–water partition coefficient (Wildman–Crippen LogP) is 2.47. The second-order valence-corrected chi connectivity index (χ2v) is 3.02. The standard InChI is InChI=1S/C9H8ClNO3/c1-2-8(12)9-6(10)4-3-5-7(9)11(13)14/h2-5,8,12H,1H2. The van der Waals surface area contributed by atoms with Crippen molar-refractivity contribution in [1.29, 1.82) is 0 Å². The number of nitrogens with zero attached hydrogens (tertiary/aromatic N) is 1. The van der Waals surface area contributed by atoms with Gasteiger partial charge in [0.1, 0.15) is 6.10 Å². The van der Waals surface area contributed by atoms with Gasteiger partial charge in [-0.05, 0) is 6.07 Å². The third-order valence-corrected chi connectivity index (χ3v) is 2.08. The third kappa shape index (κ3) is 1.92. The van der Waals surface area contributed by atoms with Gasteiger partial charge in [0.2, 0.25) is 0 Å². The van der Waals surface area contributed by atoms with E-state index in [1.807, 2.05) is 0 Å². The fourth-order valence-corrected chi connectivity index (χ4v) is 1.38. The van der Waals surface area contributed by atoms with Crippen LogP contribution in [0.3, 0.4) is 0 Å². The third-order valence-electron chi connectivity index (χ3n) is 1.75. The molecule has 1 aromatic rings. The van der Waals surface area contributed by atoms with Gasteiger partial charge in [-0.1, -0.05) is 23.7 Å². The molecular formula is C9H8ClNO3. The summed E-state index contributed by atoms with van der Waals surface area (Å²) in [5.74, 6) is 0. The summed E-state index contributed by atoms with van der Waals surface area (Å²) in [5.41, 5.74) is -0.126. The zero-order valence-electron chi connectivity index (χ0n) is 7.18. The van der Waals surface area contributed by atoms with Crippen LogP contribution < -0.4 is 0 Å². The molecule has 1 rings (SSSR count). The monoisotopic (exact) mass is 213 g/mol. The van der Waals surface area contributed by atoms with Crippen LogP contribution in [-0.4, -0.2) is 10.0 Å². The van der Waals surface area contributed by atoms with Crippen LogP contribution >= 0.6 is 11.6 Å². The Morgan fingerprint density at radius 2 is 2.29 bits per heavy atom. The number of aliphatic hydroxyl groups is 1. The van der Waals surface area contributed by atoms with Crippen molar-refractivity contribution >= 4 is 17.3 Å². The number of halogens is 1. The van der Waals surface area contributed by atoms with Crippen LogP contribution in [0.4, 0.5) is 5.69 Å². The maximum absolute atomic E-state index is 10.6. The molecule has 0 aliphatic heterocycles. The highest BCUT2D eigenvalue weighted by Gasteiger charge is 2.20. The Labute approximate surface area is 85.6 Å². The maximum atomic E-state index is 10.6. The number of hydrogen-bond donors (Lipinski definition) is 1. The van der Waals surface area contributed by atoms with Gasteiger partial charge in [-0.3, -0.25) is 10.1 Å². The van der Waals surface area contributed by atoms with Crippen molar-refractivity contribution < 1.29 is 10.0 Å². The van der Waals surface area contributed by atoms with E-state index >= 15 is 0 Å². The van der Waals surface area contributed by atoms with Crippen molar-refractivity contribution in [2.24, 2.45) is 0 Å². The molecule has 14 heavy (non-hydrogen) atoms. The highest BCUT2D eigenvalue weighted by molar-refractivity contribution is 6.31. The molecule has 0 saturated carbocycles. The van der Waals surface area contributed by atoms with Crippen LogP contribution in [0.5, 0.6) is 0 Å². The molecule has 74 valence electrons. The van der Waals surface area contributed by atoms with E-state index in [2.05, 4.69) is 6.58 Å². The van der Waals surface area contributed by atoms with Crippen LogP contribution in [0, 0.1) is 10.1 Å². The van der Waals surface area contributed by atoms with Gasteiger partial charge in [0.25, 0.3) is 5.69 Å². The number of nitro groups is 1. The Hall–Kier alpha value is -1.39. The Morgan fingerprint density at radius 1 is 1.64 bits per heavy atom. The van der Waals surface area contributed by atoms with E-state index in [1.54, 1.807) is 0 Å². The summed E-state index contributed by atoms with van der Waals surface area (Å²) in [6, 6.07) is 4.23. The minimum Gasteiger partial charge on any atom is -0.384 e. The minimum absolute atomic E-state index is 0.0779. The van der Waals surface area contributed by atoms with E-state index in [9.17, 15) is 15.2 Å². The summed E-state index contributed by atoms with van der Waals surface area (Å²) in [4.78, 5) is 10.0. The van der Waals surface area contributed by atoms with Crippen LogP contribution in [0.1, 0.15) is 11.7 Å². The molecule has 0 bridgehead atoms. The SMILES string of the molecule is C=CC(O)c1c(Cl)cccc1[N+](=O)[O-]. The molecule has 0 aliphatic carbocycles. The van der Waals surface area contributed by atoms with Gasteiger partial charge in [0.05, 0.1) is 15.5 Å².